The lowest BCUT2D eigenvalue weighted by atomic mass is 10.1. The van der Waals surface area contributed by atoms with Crippen LogP contribution in [-0.4, -0.2) is 73.7 Å². The van der Waals surface area contributed by atoms with Gasteiger partial charge in [-0.3, -0.25) is 14.0 Å². The predicted octanol–water partition coefficient (Wildman–Crippen LogP) is 2.72. The Morgan fingerprint density at radius 2 is 2.06 bits per heavy atom. The number of halogens is 1. The molecule has 1 aliphatic rings. The average Bonchev–Trinajstić information content (AvgIpc) is 3.07. The van der Waals surface area contributed by atoms with E-state index in [2.05, 4.69) is 10.2 Å². The zero-order chi connectivity index (χ0) is 23.8. The summed E-state index contributed by atoms with van der Waals surface area (Å²) in [6, 6.07) is 8.89. The molecule has 0 atom stereocenters. The molecule has 1 N–H and O–H groups in total. The number of rotatable bonds is 5. The van der Waals surface area contributed by atoms with Crippen LogP contribution in [0.3, 0.4) is 0 Å². The number of benzene rings is 1. The normalized spacial score (nSPS) is 15.3. The van der Waals surface area contributed by atoms with Crippen LogP contribution in [0.2, 0.25) is 0 Å². The number of ether oxygens (including phenoxy) is 1. The summed E-state index contributed by atoms with van der Waals surface area (Å²) in [5.41, 5.74) is 0.652. The molecule has 0 saturated carbocycles. The van der Waals surface area contributed by atoms with Crippen LogP contribution in [0.15, 0.2) is 35.1 Å². The quantitative estimate of drug-likeness (QED) is 0.440. The van der Waals surface area contributed by atoms with Crippen LogP contribution < -0.4 is 15.6 Å². The van der Waals surface area contributed by atoms with Crippen molar-refractivity contribution in [2.24, 2.45) is 0 Å². The third kappa shape index (κ3) is 3.91. The van der Waals surface area contributed by atoms with Crippen LogP contribution in [0.25, 0.3) is 26.1 Å². The van der Waals surface area contributed by atoms with Crippen molar-refractivity contribution in [3.63, 3.8) is 0 Å². The molecule has 34 heavy (non-hydrogen) atoms. The molecule has 1 fully saturated rings. The molecule has 1 amide bonds. The number of nitrogens with one attached hydrogen (secondary N) is 1. The highest BCUT2D eigenvalue weighted by Gasteiger charge is 2.25. The minimum atomic E-state index is -0.556. The number of hydrogen-bond acceptors (Lipinski definition) is 7. The summed E-state index contributed by atoms with van der Waals surface area (Å²) >= 11 is 1.35. The van der Waals surface area contributed by atoms with Crippen molar-refractivity contribution in [2.75, 3.05) is 58.4 Å². The minimum absolute atomic E-state index is 0.00449. The molecule has 0 bridgehead atoms. The molecule has 3 aromatic heterocycles. The summed E-state index contributed by atoms with van der Waals surface area (Å²) in [4.78, 5) is 35.9. The largest absolute Gasteiger partial charge is 0.383 e. The van der Waals surface area contributed by atoms with Crippen LogP contribution in [0.5, 0.6) is 0 Å². The van der Waals surface area contributed by atoms with Gasteiger partial charge >= 0.3 is 0 Å². The number of para-hydroxylation sites is 1. The minimum Gasteiger partial charge on any atom is -0.383 e. The lowest BCUT2D eigenvalue weighted by molar-refractivity contribution is 0.0937. The molecule has 0 aliphatic carbocycles. The summed E-state index contributed by atoms with van der Waals surface area (Å²) < 4.78 is 23.1. The Balaban J connectivity index is 1.77. The Labute approximate surface area is 199 Å². The van der Waals surface area contributed by atoms with Crippen molar-refractivity contribution in [2.45, 2.75) is 6.42 Å². The SMILES string of the molecule is COCCNC(=O)c1c(=O)c2cc(F)c(N3CCCN(C)CC3)nc2n2c1sc1ccccc12. The van der Waals surface area contributed by atoms with E-state index >= 15 is 4.39 Å². The number of likely N-dealkylation sites (N-methyl/N-ethyl adjacent to an activating group) is 1. The van der Waals surface area contributed by atoms with Gasteiger partial charge in [-0.25, -0.2) is 9.37 Å². The lowest BCUT2D eigenvalue weighted by Gasteiger charge is -2.22. The Bertz CT molecular complexity index is 1450. The van der Waals surface area contributed by atoms with E-state index in [1.165, 1.54) is 24.5 Å². The fourth-order valence-electron chi connectivity index (χ4n) is 4.43. The van der Waals surface area contributed by atoms with Gasteiger partial charge in [-0.05, 0) is 38.2 Å². The molecule has 4 heterocycles. The molecule has 5 rings (SSSR count). The second-order valence-corrected chi connectivity index (χ2v) is 9.50. The maximum atomic E-state index is 15.4. The van der Waals surface area contributed by atoms with Gasteiger partial charge in [-0.15, -0.1) is 11.3 Å². The van der Waals surface area contributed by atoms with E-state index in [0.717, 1.165) is 29.7 Å². The number of nitrogens with zero attached hydrogens (tertiary/aromatic N) is 4. The van der Waals surface area contributed by atoms with E-state index in [4.69, 9.17) is 9.72 Å². The zero-order valence-electron chi connectivity index (χ0n) is 19.1. The molecule has 1 aromatic carbocycles. The van der Waals surface area contributed by atoms with E-state index in [1.54, 1.807) is 0 Å². The molecule has 0 radical (unpaired) electrons. The first-order valence-electron chi connectivity index (χ1n) is 11.3. The number of amides is 1. The van der Waals surface area contributed by atoms with Crippen LogP contribution >= 0.6 is 11.3 Å². The second-order valence-electron chi connectivity index (χ2n) is 8.47. The van der Waals surface area contributed by atoms with Crippen LogP contribution in [0.1, 0.15) is 16.8 Å². The van der Waals surface area contributed by atoms with Gasteiger partial charge < -0.3 is 19.9 Å². The van der Waals surface area contributed by atoms with Gasteiger partial charge in [0.15, 0.2) is 17.3 Å². The molecule has 1 aliphatic heterocycles. The number of anilines is 1. The van der Waals surface area contributed by atoms with Gasteiger partial charge in [-0.1, -0.05) is 12.1 Å². The van der Waals surface area contributed by atoms with E-state index < -0.39 is 17.2 Å². The monoisotopic (exact) mass is 483 g/mol. The highest BCUT2D eigenvalue weighted by molar-refractivity contribution is 7.24. The Morgan fingerprint density at radius 1 is 1.24 bits per heavy atom. The summed E-state index contributed by atoms with van der Waals surface area (Å²) in [7, 11) is 3.59. The highest BCUT2D eigenvalue weighted by atomic mass is 32.1. The smallest absolute Gasteiger partial charge is 0.258 e. The standard InChI is InChI=1S/C24H26FN5O3S/c1-28-9-5-10-29(12-11-28)22-16(25)14-15-20(31)19(23(32)26-8-13-33-2)24-30(21(15)27-22)17-6-3-4-7-18(17)34-24/h3-4,6-7,14H,5,8-13H2,1-2H3,(H,26,32). The number of fused-ring (bicyclic) bond motifs is 5. The predicted molar refractivity (Wildman–Crippen MR) is 133 cm³/mol. The Morgan fingerprint density at radius 3 is 2.88 bits per heavy atom. The first-order chi connectivity index (χ1) is 16.5. The molecule has 1 saturated heterocycles. The van der Waals surface area contributed by atoms with Gasteiger partial charge in [-0.2, -0.15) is 0 Å². The van der Waals surface area contributed by atoms with Crippen molar-refractivity contribution in [1.82, 2.24) is 19.6 Å². The first-order valence-corrected chi connectivity index (χ1v) is 12.1. The summed E-state index contributed by atoms with van der Waals surface area (Å²) in [6.07, 6.45) is 0.896. The van der Waals surface area contributed by atoms with Gasteiger partial charge in [0.25, 0.3) is 5.91 Å². The number of carbonyl (C=O) groups is 1. The molecular weight excluding hydrogens is 457 g/mol. The maximum absolute atomic E-state index is 15.4. The average molecular weight is 484 g/mol. The fraction of sp³-hybridized carbons (Fsp3) is 0.375. The third-order valence-electron chi connectivity index (χ3n) is 6.19. The van der Waals surface area contributed by atoms with E-state index in [0.29, 0.717) is 30.2 Å². The molecule has 4 aromatic rings. The van der Waals surface area contributed by atoms with E-state index in [1.807, 2.05) is 40.6 Å². The summed E-state index contributed by atoms with van der Waals surface area (Å²) in [5, 5.41) is 2.82. The number of carbonyl (C=O) groups excluding carboxylic acids is 1. The Kier molecular flexibility index (Phi) is 6.20. The van der Waals surface area contributed by atoms with Crippen LogP contribution in [0, 0.1) is 5.82 Å². The van der Waals surface area contributed by atoms with Gasteiger partial charge in [0.05, 0.1) is 22.2 Å². The molecule has 10 heteroatoms. The van der Waals surface area contributed by atoms with Gasteiger partial charge in [0.2, 0.25) is 5.43 Å². The Hall–Kier alpha value is -3.08. The van der Waals surface area contributed by atoms with Crippen molar-refractivity contribution in [1.29, 1.82) is 0 Å². The van der Waals surface area contributed by atoms with E-state index in [9.17, 15) is 9.59 Å². The molecule has 0 spiro atoms. The number of hydrogen-bond donors (Lipinski definition) is 1. The fourth-order valence-corrected chi connectivity index (χ4v) is 5.62. The second kappa shape index (κ2) is 9.28. The van der Waals surface area contributed by atoms with Gasteiger partial charge in [0.1, 0.15) is 10.4 Å². The van der Waals surface area contributed by atoms with Crippen molar-refractivity contribution < 1.29 is 13.9 Å². The van der Waals surface area contributed by atoms with E-state index in [-0.39, 0.29) is 23.3 Å². The van der Waals surface area contributed by atoms with Crippen LogP contribution in [-0.2, 0) is 4.74 Å². The summed E-state index contributed by atoms with van der Waals surface area (Å²) in [6.45, 7) is 3.65. The molecule has 178 valence electrons. The number of methoxy groups -OCH3 is 1. The zero-order valence-corrected chi connectivity index (χ0v) is 20.0. The number of aromatic nitrogens is 2. The van der Waals surface area contributed by atoms with Crippen molar-refractivity contribution in [3.05, 3.63) is 51.9 Å². The molecule has 8 nitrogen and oxygen atoms in total. The van der Waals surface area contributed by atoms with Gasteiger partial charge in [0, 0.05) is 33.3 Å². The topological polar surface area (TPSA) is 79.2 Å². The highest BCUT2D eigenvalue weighted by Crippen LogP contribution is 2.32. The number of pyridine rings is 2. The lowest BCUT2D eigenvalue weighted by Crippen LogP contribution is -2.32. The molecule has 0 unspecified atom stereocenters. The molecular formula is C24H26FN5O3S. The summed E-state index contributed by atoms with van der Waals surface area (Å²) in [5.74, 6) is -0.823. The third-order valence-corrected chi connectivity index (χ3v) is 7.33. The van der Waals surface area contributed by atoms with Crippen LogP contribution in [0.4, 0.5) is 10.2 Å². The first kappa shape index (κ1) is 22.7. The maximum Gasteiger partial charge on any atom is 0.258 e. The van der Waals surface area contributed by atoms with Crippen molar-refractivity contribution >= 4 is 49.1 Å². The van der Waals surface area contributed by atoms with Crippen molar-refractivity contribution in [3.8, 4) is 0 Å². The number of thiazole rings is 1.